The quantitative estimate of drug-likeness (QED) is 0.678. The predicted molar refractivity (Wildman–Crippen MR) is 87.7 cm³/mol. The molecule has 0 bridgehead atoms. The summed E-state index contributed by atoms with van der Waals surface area (Å²) in [6, 6.07) is 12.0. The molecule has 0 unspecified atom stereocenters. The molecule has 0 N–H and O–H groups in total. The molecule has 114 valence electrons. The Balaban J connectivity index is 1.77. The van der Waals surface area contributed by atoms with Gasteiger partial charge in [0.15, 0.2) is 5.76 Å². The van der Waals surface area contributed by atoms with Gasteiger partial charge in [-0.2, -0.15) is 10.4 Å². The van der Waals surface area contributed by atoms with Gasteiger partial charge in [-0.05, 0) is 19.4 Å². The molecule has 2 heterocycles. The largest absolute Gasteiger partial charge is 0.440 e. The normalized spacial score (nSPS) is 10.5. The van der Waals surface area contributed by atoms with Crippen LogP contribution in [0.15, 0.2) is 46.0 Å². The highest BCUT2D eigenvalue weighted by atomic mass is 32.2. The number of oxazole rings is 1. The first-order valence-corrected chi connectivity index (χ1v) is 8.04. The van der Waals surface area contributed by atoms with Crippen molar-refractivity contribution in [3.8, 4) is 17.4 Å². The Bertz CT molecular complexity index is 868. The molecule has 23 heavy (non-hydrogen) atoms. The van der Waals surface area contributed by atoms with Crippen molar-refractivity contribution in [3.63, 3.8) is 0 Å². The first-order chi connectivity index (χ1) is 11.2. The Hall–Kier alpha value is -2.65. The van der Waals surface area contributed by atoms with E-state index in [9.17, 15) is 5.26 Å². The molecule has 2 aromatic heterocycles. The lowest BCUT2D eigenvalue weighted by molar-refractivity contribution is 0.530. The summed E-state index contributed by atoms with van der Waals surface area (Å²) in [5, 5.41) is 18.1. The second-order valence-electron chi connectivity index (χ2n) is 4.98. The summed E-state index contributed by atoms with van der Waals surface area (Å²) >= 11 is 1.40. The summed E-state index contributed by atoms with van der Waals surface area (Å²) < 4.78 is 5.76. The van der Waals surface area contributed by atoms with Crippen LogP contribution < -0.4 is 0 Å². The van der Waals surface area contributed by atoms with Crippen molar-refractivity contribution in [2.75, 3.05) is 0 Å². The lowest BCUT2D eigenvalue weighted by Crippen LogP contribution is -1.99. The van der Waals surface area contributed by atoms with Crippen molar-refractivity contribution >= 4 is 11.8 Å². The fraction of sp³-hybridized carbons (Fsp3) is 0.176. The molecule has 0 saturated heterocycles. The van der Waals surface area contributed by atoms with E-state index in [1.54, 1.807) is 6.20 Å². The number of rotatable bonds is 4. The third-order valence-electron chi connectivity index (χ3n) is 3.48. The summed E-state index contributed by atoms with van der Waals surface area (Å²) in [6.45, 7) is 3.73. The van der Waals surface area contributed by atoms with Gasteiger partial charge >= 0.3 is 0 Å². The Morgan fingerprint density at radius 1 is 1.17 bits per heavy atom. The van der Waals surface area contributed by atoms with Crippen molar-refractivity contribution in [1.82, 2.24) is 15.2 Å². The summed E-state index contributed by atoms with van der Waals surface area (Å²) in [5.74, 6) is 1.82. The Kier molecular flexibility index (Phi) is 4.40. The molecule has 5 nitrogen and oxygen atoms in total. The summed E-state index contributed by atoms with van der Waals surface area (Å²) in [5.41, 5.74) is 3.19. The van der Waals surface area contributed by atoms with Crippen LogP contribution >= 0.6 is 11.8 Å². The molecule has 0 saturated carbocycles. The fourth-order valence-corrected chi connectivity index (χ4v) is 2.90. The maximum atomic E-state index is 9.30. The van der Waals surface area contributed by atoms with Gasteiger partial charge in [0.05, 0.1) is 23.2 Å². The van der Waals surface area contributed by atoms with Crippen LogP contribution in [-0.2, 0) is 5.75 Å². The molecule has 0 spiro atoms. The molecule has 1 aromatic carbocycles. The minimum Gasteiger partial charge on any atom is -0.440 e. The fourth-order valence-electron chi connectivity index (χ4n) is 2.06. The summed E-state index contributed by atoms with van der Waals surface area (Å²) in [4.78, 5) is 4.28. The van der Waals surface area contributed by atoms with Gasteiger partial charge in [0.25, 0.3) is 0 Å². The van der Waals surface area contributed by atoms with E-state index >= 15 is 0 Å². The minimum atomic E-state index is 0.499. The lowest BCUT2D eigenvalue weighted by Gasteiger charge is -2.05. The molecule has 3 aromatic rings. The third-order valence-corrected chi connectivity index (χ3v) is 4.43. The Morgan fingerprint density at radius 2 is 1.96 bits per heavy atom. The van der Waals surface area contributed by atoms with E-state index in [4.69, 9.17) is 4.42 Å². The number of aromatic nitrogens is 3. The van der Waals surface area contributed by atoms with Crippen LogP contribution in [-0.4, -0.2) is 15.2 Å². The van der Waals surface area contributed by atoms with Crippen molar-refractivity contribution in [2.45, 2.75) is 24.6 Å². The number of nitrogens with zero attached hydrogens (tertiary/aromatic N) is 4. The first-order valence-electron chi connectivity index (χ1n) is 7.06. The molecule has 0 radical (unpaired) electrons. The van der Waals surface area contributed by atoms with Crippen LogP contribution in [0.3, 0.4) is 0 Å². The SMILES string of the molecule is Cc1nnc(SCc2ncc(-c3ccccc3)o2)c(C#N)c1C. The van der Waals surface area contributed by atoms with Crippen LogP contribution in [0, 0.1) is 25.2 Å². The minimum absolute atomic E-state index is 0.499. The number of hydrogen-bond donors (Lipinski definition) is 0. The molecule has 0 aliphatic rings. The van der Waals surface area contributed by atoms with Gasteiger partial charge in [-0.3, -0.25) is 0 Å². The van der Waals surface area contributed by atoms with E-state index in [0.29, 0.717) is 22.2 Å². The van der Waals surface area contributed by atoms with Gasteiger partial charge < -0.3 is 4.42 Å². The average molecular weight is 322 g/mol. The molecule has 0 aliphatic carbocycles. The van der Waals surface area contributed by atoms with Crippen LogP contribution in [0.2, 0.25) is 0 Å². The topological polar surface area (TPSA) is 75.6 Å². The third kappa shape index (κ3) is 3.25. The smallest absolute Gasteiger partial charge is 0.205 e. The second-order valence-corrected chi connectivity index (χ2v) is 5.94. The molecule has 0 atom stereocenters. The molecule has 3 rings (SSSR count). The van der Waals surface area contributed by atoms with Crippen LogP contribution in [0.25, 0.3) is 11.3 Å². The first kappa shape index (κ1) is 15.3. The van der Waals surface area contributed by atoms with E-state index in [0.717, 1.165) is 22.6 Å². The lowest BCUT2D eigenvalue weighted by atomic mass is 10.1. The van der Waals surface area contributed by atoms with Crippen molar-refractivity contribution in [2.24, 2.45) is 0 Å². The molecule has 6 heteroatoms. The van der Waals surface area contributed by atoms with E-state index in [1.807, 2.05) is 44.2 Å². The molecule has 0 amide bonds. The second kappa shape index (κ2) is 6.63. The van der Waals surface area contributed by atoms with Crippen molar-refractivity contribution < 1.29 is 4.42 Å². The number of aryl methyl sites for hydroxylation is 1. The number of hydrogen-bond acceptors (Lipinski definition) is 6. The summed E-state index contributed by atoms with van der Waals surface area (Å²) in [6.07, 6.45) is 1.71. The van der Waals surface area contributed by atoms with Crippen LogP contribution in [0.5, 0.6) is 0 Å². The van der Waals surface area contributed by atoms with E-state index in [2.05, 4.69) is 21.3 Å². The highest BCUT2D eigenvalue weighted by Crippen LogP contribution is 2.27. The zero-order valence-corrected chi connectivity index (χ0v) is 13.6. The molecular formula is C17H14N4OS. The number of benzene rings is 1. The van der Waals surface area contributed by atoms with E-state index in [-0.39, 0.29) is 0 Å². The molecule has 0 aliphatic heterocycles. The Morgan fingerprint density at radius 3 is 2.70 bits per heavy atom. The van der Waals surface area contributed by atoms with Gasteiger partial charge in [0, 0.05) is 5.56 Å². The van der Waals surface area contributed by atoms with Gasteiger partial charge in [0.1, 0.15) is 11.1 Å². The van der Waals surface area contributed by atoms with Crippen molar-refractivity contribution in [1.29, 1.82) is 5.26 Å². The van der Waals surface area contributed by atoms with Gasteiger partial charge in [0.2, 0.25) is 5.89 Å². The van der Waals surface area contributed by atoms with Crippen LogP contribution in [0.4, 0.5) is 0 Å². The average Bonchev–Trinajstić information content (AvgIpc) is 3.06. The van der Waals surface area contributed by atoms with Gasteiger partial charge in [-0.1, -0.05) is 42.1 Å². The highest BCUT2D eigenvalue weighted by molar-refractivity contribution is 7.98. The van der Waals surface area contributed by atoms with Gasteiger partial charge in [-0.15, -0.1) is 5.10 Å². The number of nitriles is 1. The number of thioether (sulfide) groups is 1. The van der Waals surface area contributed by atoms with Crippen molar-refractivity contribution in [3.05, 3.63) is 59.2 Å². The zero-order chi connectivity index (χ0) is 16.2. The maximum absolute atomic E-state index is 9.30. The monoisotopic (exact) mass is 322 g/mol. The van der Waals surface area contributed by atoms with Crippen LogP contribution in [0.1, 0.15) is 22.7 Å². The highest BCUT2D eigenvalue weighted by Gasteiger charge is 2.13. The predicted octanol–water partition coefficient (Wildman–Crippen LogP) is 3.91. The van der Waals surface area contributed by atoms with Gasteiger partial charge in [-0.25, -0.2) is 4.98 Å². The van der Waals surface area contributed by atoms with E-state index < -0.39 is 0 Å². The van der Waals surface area contributed by atoms with E-state index in [1.165, 1.54) is 11.8 Å². The molecule has 0 fully saturated rings. The summed E-state index contributed by atoms with van der Waals surface area (Å²) in [7, 11) is 0. The standard InChI is InChI=1S/C17H14N4OS/c1-11-12(2)20-21-17(14(11)8-18)23-10-16-19-9-15(22-16)13-6-4-3-5-7-13/h3-7,9H,10H2,1-2H3. The Labute approximate surface area is 138 Å². The zero-order valence-electron chi connectivity index (χ0n) is 12.8. The maximum Gasteiger partial charge on any atom is 0.205 e. The molecular weight excluding hydrogens is 308 g/mol.